The molecule has 4 aromatic rings. The first-order valence-electron chi connectivity index (χ1n) is 21.5. The summed E-state index contributed by atoms with van der Waals surface area (Å²) in [6.07, 6.45) is 7.63. The molecule has 1 unspecified atom stereocenters. The van der Waals surface area contributed by atoms with Gasteiger partial charge < -0.3 is 24.3 Å². The molecular formula is C44H53FN10O4. The summed E-state index contributed by atoms with van der Waals surface area (Å²) in [4.78, 5) is 57.5. The van der Waals surface area contributed by atoms with E-state index in [0.717, 1.165) is 130 Å². The van der Waals surface area contributed by atoms with Gasteiger partial charge in [-0.25, -0.2) is 14.4 Å². The summed E-state index contributed by atoms with van der Waals surface area (Å²) in [6.45, 7) is 10.6. The number of nitrogens with zero attached hydrogens (tertiary/aromatic N) is 8. The normalized spacial score (nSPS) is 23.8. The topological polar surface area (TPSA) is 143 Å². The van der Waals surface area contributed by atoms with Gasteiger partial charge in [-0.1, -0.05) is 0 Å². The fraction of sp³-hybridized carbons (Fsp3) is 0.545. The predicted octanol–water partition coefficient (Wildman–Crippen LogP) is 4.55. The molecule has 2 aromatic heterocycles. The molecular weight excluding hydrogens is 752 g/mol. The Morgan fingerprint density at radius 2 is 1.64 bits per heavy atom. The van der Waals surface area contributed by atoms with Crippen LogP contribution in [-0.4, -0.2) is 135 Å². The van der Waals surface area contributed by atoms with Crippen LogP contribution in [-0.2, 0) is 16.1 Å². The summed E-state index contributed by atoms with van der Waals surface area (Å²) in [5.41, 5.74) is 3.93. The number of ether oxygens (including phenoxy) is 1. The van der Waals surface area contributed by atoms with Gasteiger partial charge in [-0.2, -0.15) is 5.10 Å². The van der Waals surface area contributed by atoms with Crippen molar-refractivity contribution in [2.24, 2.45) is 5.92 Å². The van der Waals surface area contributed by atoms with Crippen LogP contribution in [0.15, 0.2) is 48.8 Å². The minimum absolute atomic E-state index is 0.0614. The summed E-state index contributed by atoms with van der Waals surface area (Å²) in [6, 6.07) is 13.5. The van der Waals surface area contributed by atoms with Crippen molar-refractivity contribution in [3.8, 4) is 17.1 Å². The number of fused-ring (bicyclic) bond motifs is 2. The van der Waals surface area contributed by atoms with Crippen LogP contribution in [0.25, 0.3) is 22.3 Å². The van der Waals surface area contributed by atoms with Gasteiger partial charge >= 0.3 is 0 Å². The average molecular weight is 805 g/mol. The summed E-state index contributed by atoms with van der Waals surface area (Å²) in [5, 5.41) is 11.1. The monoisotopic (exact) mass is 804 g/mol. The summed E-state index contributed by atoms with van der Waals surface area (Å²) < 4.78 is 22.5. The van der Waals surface area contributed by atoms with E-state index in [1.807, 2.05) is 36.4 Å². The first-order chi connectivity index (χ1) is 28.6. The smallest absolute Gasteiger partial charge is 0.255 e. The minimum atomic E-state index is -1.17. The van der Waals surface area contributed by atoms with Crippen LogP contribution in [0, 0.1) is 5.92 Å². The number of amides is 3. The van der Waals surface area contributed by atoms with E-state index in [0.29, 0.717) is 43.8 Å². The lowest BCUT2D eigenvalue weighted by molar-refractivity contribution is -0.136. The second-order valence-electron chi connectivity index (χ2n) is 18.0. The first kappa shape index (κ1) is 38.1. The van der Waals surface area contributed by atoms with Crippen molar-refractivity contribution in [3.63, 3.8) is 0 Å². The van der Waals surface area contributed by atoms with E-state index in [9.17, 15) is 14.4 Å². The molecule has 0 spiro atoms. The van der Waals surface area contributed by atoms with Crippen LogP contribution in [0.2, 0.25) is 0 Å². The summed E-state index contributed by atoms with van der Waals surface area (Å²) >= 11 is 0. The molecule has 0 bridgehead atoms. The second kappa shape index (κ2) is 15.1. The number of piperazine rings is 1. The maximum absolute atomic E-state index is 16.3. The molecule has 10 rings (SSSR count). The molecule has 0 radical (unpaired) electrons. The quantitative estimate of drug-likeness (QED) is 0.218. The van der Waals surface area contributed by atoms with Gasteiger partial charge in [0.1, 0.15) is 40.9 Å². The van der Waals surface area contributed by atoms with Crippen LogP contribution in [0.5, 0.6) is 5.75 Å². The van der Waals surface area contributed by atoms with Crippen LogP contribution in [0.1, 0.15) is 74.2 Å². The van der Waals surface area contributed by atoms with E-state index in [2.05, 4.69) is 58.1 Å². The number of hydrogen-bond acceptors (Lipinski definition) is 11. The van der Waals surface area contributed by atoms with Gasteiger partial charge in [0.25, 0.3) is 5.91 Å². The zero-order valence-electron chi connectivity index (χ0n) is 33.8. The van der Waals surface area contributed by atoms with Crippen molar-refractivity contribution in [2.45, 2.75) is 82.1 Å². The lowest BCUT2D eigenvalue weighted by Crippen LogP contribution is -2.54. The number of rotatable bonds is 10. The van der Waals surface area contributed by atoms with E-state index in [-0.39, 0.29) is 29.7 Å². The maximum atomic E-state index is 16.3. The van der Waals surface area contributed by atoms with Crippen LogP contribution in [0.3, 0.4) is 0 Å². The summed E-state index contributed by atoms with van der Waals surface area (Å²) in [5.74, 6) is 1.47. The number of H-pyrrole nitrogens is 1. The molecule has 310 valence electrons. The number of carbonyl (C=O) groups excluding carboxylic acids is 3. The fourth-order valence-electron chi connectivity index (χ4n) is 9.79. The Bertz CT molecular complexity index is 2250. The second-order valence-corrected chi connectivity index (χ2v) is 18.0. The van der Waals surface area contributed by atoms with Crippen LogP contribution < -0.4 is 19.9 Å². The molecule has 1 saturated carbocycles. The van der Waals surface area contributed by atoms with E-state index >= 15 is 4.39 Å². The molecule has 15 heteroatoms. The molecule has 6 aliphatic rings. The van der Waals surface area contributed by atoms with E-state index in [1.54, 1.807) is 11.2 Å². The summed E-state index contributed by atoms with van der Waals surface area (Å²) in [7, 11) is 0. The van der Waals surface area contributed by atoms with Crippen molar-refractivity contribution in [2.75, 3.05) is 75.2 Å². The molecule has 2 N–H and O–H groups in total. The number of piperidine rings is 3. The highest BCUT2D eigenvalue weighted by atomic mass is 19.1. The highest BCUT2D eigenvalue weighted by molar-refractivity contribution is 6.05. The molecule has 4 saturated heterocycles. The number of hydrogen-bond donors (Lipinski definition) is 2. The molecule has 3 amide bonds. The Labute approximate surface area is 343 Å². The first-order valence-corrected chi connectivity index (χ1v) is 21.5. The van der Waals surface area contributed by atoms with Gasteiger partial charge in [0.15, 0.2) is 0 Å². The number of aromatic amines is 1. The number of anilines is 2. The molecule has 2 aromatic carbocycles. The Balaban J connectivity index is 0.672. The lowest BCUT2D eigenvalue weighted by Gasteiger charge is -2.43. The third-order valence-corrected chi connectivity index (χ3v) is 13.7. The Morgan fingerprint density at radius 1 is 0.847 bits per heavy atom. The number of halogens is 1. The van der Waals surface area contributed by atoms with Gasteiger partial charge in [0.2, 0.25) is 11.8 Å². The zero-order chi connectivity index (χ0) is 40.3. The Hall–Kier alpha value is -5.15. The van der Waals surface area contributed by atoms with Crippen LogP contribution >= 0.6 is 0 Å². The molecule has 1 atom stereocenters. The number of imide groups is 1. The molecule has 1 aliphatic carbocycles. The number of aromatic nitrogens is 4. The van der Waals surface area contributed by atoms with Gasteiger partial charge in [0.05, 0.1) is 11.2 Å². The average Bonchev–Trinajstić information content (AvgIpc) is 3.66. The minimum Gasteiger partial charge on any atom is -0.488 e. The zero-order valence-corrected chi connectivity index (χ0v) is 33.8. The molecule has 14 nitrogen and oxygen atoms in total. The van der Waals surface area contributed by atoms with Gasteiger partial charge in [-0.05, 0) is 99.7 Å². The fourth-order valence-corrected chi connectivity index (χ4v) is 9.79. The number of likely N-dealkylation sites (tertiary alicyclic amines) is 1. The van der Waals surface area contributed by atoms with E-state index in [4.69, 9.17) is 4.74 Å². The van der Waals surface area contributed by atoms with Crippen molar-refractivity contribution < 1.29 is 23.5 Å². The van der Waals surface area contributed by atoms with E-state index < -0.39 is 11.7 Å². The predicted molar refractivity (Wildman–Crippen MR) is 221 cm³/mol. The number of benzene rings is 2. The number of alkyl halides is 1. The van der Waals surface area contributed by atoms with E-state index in [1.165, 1.54) is 0 Å². The lowest BCUT2D eigenvalue weighted by atomic mass is 9.90. The SMILES string of the molecule is CC1(Oc2ccc3[nH]nc(-c4cc(N5CCN(CC6(F)CCN(CC7CCN(c8ccc9c(c8)CN(C8CCC(=O)NC8=O)C9=O)CC7)CC6)CC5)ncn4)c3c2)CC1. The number of nitrogens with one attached hydrogen (secondary N) is 2. The largest absolute Gasteiger partial charge is 0.488 e. The Morgan fingerprint density at radius 3 is 2.41 bits per heavy atom. The molecule has 7 heterocycles. The number of carbonyl (C=O) groups is 3. The van der Waals surface area contributed by atoms with Crippen molar-refractivity contribution in [3.05, 3.63) is 59.9 Å². The third kappa shape index (κ3) is 7.86. The highest BCUT2D eigenvalue weighted by Crippen LogP contribution is 2.41. The molecule has 59 heavy (non-hydrogen) atoms. The third-order valence-electron chi connectivity index (χ3n) is 13.7. The highest BCUT2D eigenvalue weighted by Gasteiger charge is 2.41. The molecule has 5 fully saturated rings. The maximum Gasteiger partial charge on any atom is 0.255 e. The standard InChI is InChI=1S/C44H53FN10O4/c1-43(10-11-43)59-32-3-5-35-34(23-32)40(50-49-35)36-24-38(47-28-46-36)54-20-18-52(19-21-54)27-44(45)12-16-51(17-13-44)25-29-8-14-53(15-9-29)31-2-4-33-30(22-31)26-55(42(33)58)37-6-7-39(56)48-41(37)57/h2-5,22-24,28-29,37H,6-21,25-27H2,1H3,(H,49,50)(H,48,56,57). The van der Waals surface area contributed by atoms with Crippen molar-refractivity contribution >= 4 is 40.1 Å². The van der Waals surface area contributed by atoms with Crippen LogP contribution in [0.4, 0.5) is 15.9 Å². The van der Waals surface area contributed by atoms with Crippen molar-refractivity contribution in [1.29, 1.82) is 0 Å². The molecule has 5 aliphatic heterocycles. The van der Waals surface area contributed by atoms with Gasteiger partial charge in [0, 0.05) is 101 Å². The van der Waals surface area contributed by atoms with Crippen molar-refractivity contribution in [1.82, 2.24) is 40.2 Å². The Kier molecular flexibility index (Phi) is 9.78. The van der Waals surface area contributed by atoms with Gasteiger partial charge in [-0.15, -0.1) is 0 Å². The van der Waals surface area contributed by atoms with Gasteiger partial charge in [-0.3, -0.25) is 29.7 Å².